The summed E-state index contributed by atoms with van der Waals surface area (Å²) in [4.78, 5) is 34.8. The number of allylic oxidation sites excluding steroid dienone is 1. The van der Waals surface area contributed by atoms with E-state index in [0.29, 0.717) is 18.7 Å². The predicted octanol–water partition coefficient (Wildman–Crippen LogP) is 4.43. The van der Waals surface area contributed by atoms with Gasteiger partial charge in [-0.25, -0.2) is 4.99 Å². The number of thioether (sulfide) groups is 1. The molecule has 31 heavy (non-hydrogen) atoms. The van der Waals surface area contributed by atoms with Crippen LogP contribution in [0.2, 0.25) is 0 Å². The number of amidine groups is 1. The minimum Gasteiger partial charge on any atom is -0.353 e. The van der Waals surface area contributed by atoms with Crippen molar-refractivity contribution in [2.75, 3.05) is 13.1 Å². The highest BCUT2D eigenvalue weighted by molar-refractivity contribution is 8.16. The van der Waals surface area contributed by atoms with Gasteiger partial charge in [0.15, 0.2) is 5.17 Å². The Hall–Kier alpha value is -2.54. The Morgan fingerprint density at radius 3 is 2.48 bits per heavy atom. The molecular weight excluding hydrogens is 408 g/mol. The molecule has 0 fully saturated rings. The van der Waals surface area contributed by atoms with Crippen molar-refractivity contribution in [3.8, 4) is 0 Å². The van der Waals surface area contributed by atoms with Crippen LogP contribution >= 0.6 is 11.8 Å². The van der Waals surface area contributed by atoms with Crippen LogP contribution in [-0.2, 0) is 9.59 Å². The van der Waals surface area contributed by atoms with Crippen molar-refractivity contribution >= 4 is 28.7 Å². The molecule has 0 aliphatic carbocycles. The zero-order chi connectivity index (χ0) is 22.5. The SMILES string of the molecule is CCC(C)NC(=O)CC1=CSC2=NC(C)=C(C(=O)N(CC)CC)C(c3ccccc3)N12. The molecule has 2 atom stereocenters. The van der Waals surface area contributed by atoms with Gasteiger partial charge in [0.1, 0.15) is 0 Å². The Balaban J connectivity index is 2.01. The van der Waals surface area contributed by atoms with Gasteiger partial charge in [0.05, 0.1) is 23.7 Å². The predicted molar refractivity (Wildman–Crippen MR) is 127 cm³/mol. The van der Waals surface area contributed by atoms with Crippen molar-refractivity contribution in [1.29, 1.82) is 0 Å². The number of hydrogen-bond acceptors (Lipinski definition) is 5. The van der Waals surface area contributed by atoms with E-state index in [2.05, 4.69) is 17.1 Å². The van der Waals surface area contributed by atoms with E-state index in [4.69, 9.17) is 4.99 Å². The number of carbonyl (C=O) groups excluding carboxylic acids is 2. The standard InChI is InChI=1S/C24H32N4O2S/c1-6-16(4)25-20(29)14-19-15-31-24-26-17(5)21(23(30)27(7-2)8-3)22(28(19)24)18-12-10-9-11-13-18/h9-13,15-16,22H,6-8,14H2,1-5H3,(H,25,29). The van der Waals surface area contributed by atoms with Crippen molar-refractivity contribution in [3.63, 3.8) is 0 Å². The van der Waals surface area contributed by atoms with Gasteiger partial charge < -0.3 is 15.1 Å². The topological polar surface area (TPSA) is 65.0 Å². The Kier molecular flexibility index (Phi) is 7.59. The lowest BCUT2D eigenvalue weighted by molar-refractivity contribution is -0.127. The number of fused-ring (bicyclic) bond motifs is 1. The number of benzene rings is 1. The second-order valence-corrected chi connectivity index (χ2v) is 8.67. The van der Waals surface area contributed by atoms with E-state index in [0.717, 1.165) is 28.5 Å². The first kappa shape index (κ1) is 23.1. The third-order valence-electron chi connectivity index (χ3n) is 5.76. The Bertz CT molecular complexity index is 919. The van der Waals surface area contributed by atoms with Crippen LogP contribution < -0.4 is 5.32 Å². The maximum absolute atomic E-state index is 13.5. The van der Waals surface area contributed by atoms with Gasteiger partial charge in [0, 0.05) is 24.8 Å². The molecule has 7 heteroatoms. The number of nitrogens with zero attached hydrogens (tertiary/aromatic N) is 3. The van der Waals surface area contributed by atoms with E-state index in [1.807, 2.05) is 68.3 Å². The largest absolute Gasteiger partial charge is 0.353 e. The van der Waals surface area contributed by atoms with Crippen LogP contribution in [-0.4, -0.2) is 45.9 Å². The van der Waals surface area contributed by atoms with E-state index in [1.165, 1.54) is 11.8 Å². The van der Waals surface area contributed by atoms with Crippen LogP contribution in [0.5, 0.6) is 0 Å². The molecule has 1 aromatic carbocycles. The molecule has 2 aliphatic rings. The fourth-order valence-electron chi connectivity index (χ4n) is 3.87. The minimum absolute atomic E-state index is 0.000500. The highest BCUT2D eigenvalue weighted by Gasteiger charge is 2.41. The molecule has 2 heterocycles. The summed E-state index contributed by atoms with van der Waals surface area (Å²) in [6.07, 6.45) is 1.14. The molecule has 0 aromatic heterocycles. The van der Waals surface area contributed by atoms with E-state index in [1.54, 1.807) is 0 Å². The molecule has 0 radical (unpaired) electrons. The highest BCUT2D eigenvalue weighted by Crippen LogP contribution is 2.44. The summed E-state index contributed by atoms with van der Waals surface area (Å²) < 4.78 is 0. The molecule has 6 nitrogen and oxygen atoms in total. The van der Waals surface area contributed by atoms with Crippen molar-refractivity contribution < 1.29 is 9.59 Å². The van der Waals surface area contributed by atoms with Gasteiger partial charge in [-0.2, -0.15) is 0 Å². The molecule has 0 saturated carbocycles. The lowest BCUT2D eigenvalue weighted by Gasteiger charge is -2.38. The van der Waals surface area contributed by atoms with Gasteiger partial charge >= 0.3 is 0 Å². The monoisotopic (exact) mass is 440 g/mol. The molecule has 0 bridgehead atoms. The Labute approximate surface area is 189 Å². The first-order valence-electron chi connectivity index (χ1n) is 11.0. The second-order valence-electron chi connectivity index (χ2n) is 7.83. The Morgan fingerprint density at radius 2 is 1.87 bits per heavy atom. The van der Waals surface area contributed by atoms with Gasteiger partial charge in [-0.3, -0.25) is 9.59 Å². The van der Waals surface area contributed by atoms with Crippen molar-refractivity contribution in [3.05, 3.63) is 58.3 Å². The quantitative estimate of drug-likeness (QED) is 0.649. The average molecular weight is 441 g/mol. The number of carbonyl (C=O) groups is 2. The van der Waals surface area contributed by atoms with Gasteiger partial charge in [-0.05, 0) is 45.1 Å². The van der Waals surface area contributed by atoms with Gasteiger partial charge in [-0.15, -0.1) is 0 Å². The molecule has 0 spiro atoms. The molecule has 3 rings (SSSR count). The maximum atomic E-state index is 13.5. The molecule has 166 valence electrons. The highest BCUT2D eigenvalue weighted by atomic mass is 32.2. The molecule has 1 aromatic rings. The van der Waals surface area contributed by atoms with E-state index in [-0.39, 0.29) is 30.3 Å². The summed E-state index contributed by atoms with van der Waals surface area (Å²) in [5, 5.41) is 5.85. The van der Waals surface area contributed by atoms with Crippen molar-refractivity contribution in [2.24, 2.45) is 4.99 Å². The van der Waals surface area contributed by atoms with E-state index >= 15 is 0 Å². The molecular formula is C24H32N4O2S. The molecule has 2 unspecified atom stereocenters. The number of aliphatic imine (C=N–C) groups is 1. The summed E-state index contributed by atoms with van der Waals surface area (Å²) in [5.74, 6) is -0.0170. The first-order chi connectivity index (χ1) is 14.9. The second kappa shape index (κ2) is 10.2. The molecule has 0 saturated heterocycles. The van der Waals surface area contributed by atoms with Crippen LogP contribution in [0.4, 0.5) is 0 Å². The number of likely N-dealkylation sites (N-methyl/N-ethyl adjacent to an activating group) is 1. The third kappa shape index (κ3) is 4.87. The summed E-state index contributed by atoms with van der Waals surface area (Å²) in [7, 11) is 0. The van der Waals surface area contributed by atoms with Crippen LogP contribution in [0.3, 0.4) is 0 Å². The van der Waals surface area contributed by atoms with Crippen LogP contribution in [0.25, 0.3) is 0 Å². The number of nitrogens with one attached hydrogen (secondary N) is 1. The van der Waals surface area contributed by atoms with Gasteiger partial charge in [-0.1, -0.05) is 49.0 Å². The lowest BCUT2D eigenvalue weighted by atomic mass is 9.92. The first-order valence-corrected chi connectivity index (χ1v) is 11.9. The van der Waals surface area contributed by atoms with Crippen LogP contribution in [0.15, 0.2) is 57.7 Å². The Morgan fingerprint density at radius 1 is 1.19 bits per heavy atom. The van der Waals surface area contributed by atoms with Crippen LogP contribution in [0, 0.1) is 0 Å². The number of rotatable bonds is 8. The zero-order valence-electron chi connectivity index (χ0n) is 19.0. The summed E-state index contributed by atoms with van der Waals surface area (Å²) in [6.45, 7) is 11.2. The van der Waals surface area contributed by atoms with E-state index < -0.39 is 0 Å². The fraction of sp³-hybridized carbons (Fsp3) is 0.458. The maximum Gasteiger partial charge on any atom is 0.254 e. The van der Waals surface area contributed by atoms with Gasteiger partial charge in [0.2, 0.25) is 5.91 Å². The lowest BCUT2D eigenvalue weighted by Crippen LogP contribution is -2.42. The average Bonchev–Trinajstić information content (AvgIpc) is 3.15. The molecule has 2 aliphatic heterocycles. The normalized spacial score (nSPS) is 18.9. The van der Waals surface area contributed by atoms with Crippen LogP contribution in [0.1, 0.15) is 59.1 Å². The minimum atomic E-state index is -0.306. The molecule has 2 amide bonds. The summed E-state index contributed by atoms with van der Waals surface area (Å²) in [6, 6.07) is 9.84. The smallest absolute Gasteiger partial charge is 0.254 e. The van der Waals surface area contributed by atoms with E-state index in [9.17, 15) is 9.59 Å². The third-order valence-corrected chi connectivity index (χ3v) is 6.65. The zero-order valence-corrected chi connectivity index (χ0v) is 19.8. The van der Waals surface area contributed by atoms with Crippen molar-refractivity contribution in [2.45, 2.75) is 59.5 Å². The van der Waals surface area contributed by atoms with Gasteiger partial charge in [0.25, 0.3) is 5.91 Å². The number of hydrogen-bond donors (Lipinski definition) is 1. The summed E-state index contributed by atoms with van der Waals surface area (Å²) in [5.41, 5.74) is 3.30. The van der Waals surface area contributed by atoms with Crippen molar-refractivity contribution in [1.82, 2.24) is 15.1 Å². The summed E-state index contributed by atoms with van der Waals surface area (Å²) >= 11 is 1.51. The molecule has 1 N–H and O–H groups in total. The fourth-order valence-corrected chi connectivity index (χ4v) is 4.83. The number of amides is 2.